The molecule has 2 saturated heterocycles. The molecule has 2 bridgehead atoms. The third kappa shape index (κ3) is 2.13. The average molecular weight is 247 g/mol. The Kier molecular flexibility index (Phi) is 3.06. The topological polar surface area (TPSA) is 58.6 Å². The van der Waals surface area contributed by atoms with E-state index in [1.807, 2.05) is 6.07 Å². The molecule has 2 heterocycles. The van der Waals surface area contributed by atoms with Gasteiger partial charge in [0.25, 0.3) is 0 Å². The molecule has 0 saturated carbocycles. The number of ether oxygens (including phenoxy) is 1. The quantitative estimate of drug-likeness (QED) is 0.768. The second kappa shape index (κ2) is 4.71. The average Bonchev–Trinajstić information content (AvgIpc) is 2.79. The molecular formula is C14H17NO3. The first-order valence-corrected chi connectivity index (χ1v) is 6.44. The number of esters is 1. The zero-order valence-electron chi connectivity index (χ0n) is 10.1. The fourth-order valence-electron chi connectivity index (χ4n) is 2.92. The smallest absolute Gasteiger partial charge is 0.338 e. The van der Waals surface area contributed by atoms with E-state index < -0.39 is 12.2 Å². The molecule has 18 heavy (non-hydrogen) atoms. The maximum atomic E-state index is 12.0. The molecule has 1 aromatic rings. The number of rotatable bonds is 2. The lowest BCUT2D eigenvalue weighted by Gasteiger charge is -2.34. The number of hydrogen-bond donors (Lipinski definition) is 2. The summed E-state index contributed by atoms with van der Waals surface area (Å²) in [5.74, 6) is -0.355. The van der Waals surface area contributed by atoms with Crippen LogP contribution in [0.2, 0.25) is 0 Å². The highest BCUT2D eigenvalue weighted by molar-refractivity contribution is 5.89. The second-order valence-electron chi connectivity index (χ2n) is 5.09. The molecule has 4 heteroatoms. The van der Waals surface area contributed by atoms with Crippen molar-refractivity contribution in [3.63, 3.8) is 0 Å². The summed E-state index contributed by atoms with van der Waals surface area (Å²) in [5.41, 5.74) is 0.532. The summed E-state index contributed by atoms with van der Waals surface area (Å²) in [5, 5.41) is 13.4. The normalized spacial score (nSPS) is 34.3. The Morgan fingerprint density at radius 3 is 2.83 bits per heavy atom. The Bertz CT molecular complexity index is 434. The Morgan fingerprint density at radius 2 is 2.06 bits per heavy atom. The first kappa shape index (κ1) is 11.7. The van der Waals surface area contributed by atoms with Crippen molar-refractivity contribution in [1.82, 2.24) is 5.32 Å². The van der Waals surface area contributed by atoms with Crippen LogP contribution in [0.5, 0.6) is 0 Å². The van der Waals surface area contributed by atoms with Gasteiger partial charge in [0.1, 0.15) is 6.10 Å². The number of piperidine rings is 1. The van der Waals surface area contributed by atoms with Gasteiger partial charge in [0, 0.05) is 12.1 Å². The number of nitrogens with one attached hydrogen (secondary N) is 1. The summed E-state index contributed by atoms with van der Waals surface area (Å²) in [6.45, 7) is 0. The summed E-state index contributed by atoms with van der Waals surface area (Å²) in [6.07, 6.45) is 1.73. The van der Waals surface area contributed by atoms with E-state index in [1.54, 1.807) is 24.3 Å². The molecule has 0 amide bonds. The fourth-order valence-corrected chi connectivity index (χ4v) is 2.92. The van der Waals surface area contributed by atoms with Gasteiger partial charge in [-0.2, -0.15) is 0 Å². The highest BCUT2D eigenvalue weighted by Crippen LogP contribution is 2.29. The number of aliphatic hydroxyl groups is 1. The number of hydrogen-bond acceptors (Lipinski definition) is 4. The number of fused-ring (bicyclic) bond motifs is 2. The van der Waals surface area contributed by atoms with Crippen molar-refractivity contribution in [3.8, 4) is 0 Å². The van der Waals surface area contributed by atoms with Crippen LogP contribution in [0.3, 0.4) is 0 Å². The van der Waals surface area contributed by atoms with Crippen LogP contribution in [-0.2, 0) is 4.74 Å². The molecule has 0 unspecified atom stereocenters. The minimum absolute atomic E-state index is 0.103. The summed E-state index contributed by atoms with van der Waals surface area (Å²) >= 11 is 0. The zero-order valence-corrected chi connectivity index (χ0v) is 10.1. The van der Waals surface area contributed by atoms with E-state index in [9.17, 15) is 9.90 Å². The molecule has 0 radical (unpaired) electrons. The van der Waals surface area contributed by atoms with Crippen LogP contribution in [0.4, 0.5) is 0 Å². The maximum Gasteiger partial charge on any atom is 0.338 e. The molecule has 2 fully saturated rings. The minimum atomic E-state index is -0.545. The van der Waals surface area contributed by atoms with Crippen molar-refractivity contribution in [1.29, 1.82) is 0 Å². The zero-order chi connectivity index (χ0) is 12.5. The van der Waals surface area contributed by atoms with Gasteiger partial charge >= 0.3 is 5.97 Å². The molecule has 3 rings (SSSR count). The maximum absolute atomic E-state index is 12.0. The predicted molar refractivity (Wildman–Crippen MR) is 66.2 cm³/mol. The van der Waals surface area contributed by atoms with E-state index in [2.05, 4.69) is 5.32 Å². The summed E-state index contributed by atoms with van der Waals surface area (Å²) in [4.78, 5) is 12.0. The highest BCUT2D eigenvalue weighted by Gasteiger charge is 2.43. The Labute approximate surface area is 106 Å². The van der Waals surface area contributed by atoms with Gasteiger partial charge in [-0.25, -0.2) is 4.79 Å². The molecule has 2 aliphatic rings. The highest BCUT2D eigenvalue weighted by atomic mass is 16.6. The molecule has 0 spiro atoms. The summed E-state index contributed by atoms with van der Waals surface area (Å²) in [7, 11) is 0. The number of carbonyl (C=O) groups excluding carboxylic acids is 1. The van der Waals surface area contributed by atoms with Crippen LogP contribution < -0.4 is 5.32 Å². The van der Waals surface area contributed by atoms with Gasteiger partial charge in [-0.05, 0) is 31.4 Å². The van der Waals surface area contributed by atoms with Gasteiger partial charge in [0.15, 0.2) is 0 Å². The first-order valence-electron chi connectivity index (χ1n) is 6.44. The summed E-state index contributed by atoms with van der Waals surface area (Å²) < 4.78 is 5.47. The fraction of sp³-hybridized carbons (Fsp3) is 0.500. The number of aliphatic hydroxyl groups excluding tert-OH is 1. The lowest BCUT2D eigenvalue weighted by Crippen LogP contribution is -2.53. The van der Waals surface area contributed by atoms with Crippen LogP contribution in [-0.4, -0.2) is 35.4 Å². The predicted octanol–water partition coefficient (Wildman–Crippen LogP) is 1.10. The van der Waals surface area contributed by atoms with Crippen LogP contribution in [0.25, 0.3) is 0 Å². The molecule has 96 valence electrons. The van der Waals surface area contributed by atoms with Crippen molar-refractivity contribution >= 4 is 5.97 Å². The van der Waals surface area contributed by atoms with Crippen LogP contribution >= 0.6 is 0 Å². The number of carbonyl (C=O) groups is 1. The molecular weight excluding hydrogens is 230 g/mol. The van der Waals surface area contributed by atoms with Crippen LogP contribution in [0.1, 0.15) is 29.6 Å². The van der Waals surface area contributed by atoms with Crippen molar-refractivity contribution in [3.05, 3.63) is 35.9 Å². The van der Waals surface area contributed by atoms with E-state index >= 15 is 0 Å². The van der Waals surface area contributed by atoms with Crippen molar-refractivity contribution in [2.75, 3.05) is 0 Å². The van der Waals surface area contributed by atoms with Crippen molar-refractivity contribution < 1.29 is 14.6 Å². The monoisotopic (exact) mass is 247 g/mol. The largest absolute Gasteiger partial charge is 0.454 e. The molecule has 1 aromatic carbocycles. The van der Waals surface area contributed by atoms with Crippen molar-refractivity contribution in [2.45, 2.75) is 43.6 Å². The SMILES string of the molecule is O=C(O[C@@H]1[C@@H](O)C[C@@H]2CC[C@H]1N2)c1ccccc1. The summed E-state index contributed by atoms with van der Waals surface area (Å²) in [6, 6.07) is 9.40. The van der Waals surface area contributed by atoms with Crippen LogP contribution in [0.15, 0.2) is 30.3 Å². The third-order valence-corrected chi connectivity index (χ3v) is 3.83. The van der Waals surface area contributed by atoms with Crippen LogP contribution in [0, 0.1) is 0 Å². The lowest BCUT2D eigenvalue weighted by molar-refractivity contribution is -0.0469. The van der Waals surface area contributed by atoms with E-state index in [-0.39, 0.29) is 12.0 Å². The molecule has 2 N–H and O–H groups in total. The molecule has 0 aliphatic carbocycles. The molecule has 0 aromatic heterocycles. The van der Waals surface area contributed by atoms with Gasteiger partial charge in [-0.15, -0.1) is 0 Å². The van der Waals surface area contributed by atoms with Crippen molar-refractivity contribution in [2.24, 2.45) is 0 Å². The third-order valence-electron chi connectivity index (χ3n) is 3.83. The van der Waals surface area contributed by atoms with Gasteiger partial charge < -0.3 is 15.2 Å². The molecule has 2 aliphatic heterocycles. The van der Waals surface area contributed by atoms with E-state index in [1.165, 1.54) is 0 Å². The Morgan fingerprint density at radius 1 is 1.28 bits per heavy atom. The van der Waals surface area contributed by atoms with E-state index in [0.717, 1.165) is 12.8 Å². The minimum Gasteiger partial charge on any atom is -0.454 e. The van der Waals surface area contributed by atoms with Gasteiger partial charge in [0.05, 0.1) is 11.7 Å². The Balaban J connectivity index is 1.70. The Hall–Kier alpha value is -1.39. The van der Waals surface area contributed by atoms with Gasteiger partial charge in [-0.3, -0.25) is 0 Å². The van der Waals surface area contributed by atoms with Gasteiger partial charge in [0.2, 0.25) is 0 Å². The lowest BCUT2D eigenvalue weighted by atomic mass is 9.99. The first-order chi connectivity index (χ1) is 8.74. The van der Waals surface area contributed by atoms with E-state index in [4.69, 9.17) is 4.74 Å². The molecule has 4 nitrogen and oxygen atoms in total. The second-order valence-corrected chi connectivity index (χ2v) is 5.09. The van der Waals surface area contributed by atoms with Gasteiger partial charge in [-0.1, -0.05) is 18.2 Å². The number of benzene rings is 1. The standard InChI is InChI=1S/C14H17NO3/c16-12-8-10-6-7-11(15-10)13(12)18-14(17)9-4-2-1-3-5-9/h1-5,10-13,15-16H,6-8H2/t10-,11+,12-,13-/m0/s1. The molecule has 4 atom stereocenters. The van der Waals surface area contributed by atoms with E-state index in [0.29, 0.717) is 18.0 Å².